The van der Waals surface area contributed by atoms with Gasteiger partial charge in [-0.3, -0.25) is 0 Å². The molecule has 0 saturated heterocycles. The van der Waals surface area contributed by atoms with Gasteiger partial charge in [0.25, 0.3) is 0 Å². The molecule has 0 aromatic heterocycles. The van der Waals surface area contributed by atoms with E-state index in [0.717, 1.165) is 17.7 Å². The summed E-state index contributed by atoms with van der Waals surface area (Å²) in [5, 5.41) is 0. The number of hydrogen-bond acceptors (Lipinski definition) is 2. The van der Waals surface area contributed by atoms with Gasteiger partial charge < -0.3 is 10.5 Å². The van der Waals surface area contributed by atoms with Crippen LogP contribution in [0.2, 0.25) is 0 Å². The Labute approximate surface area is 140 Å². The molecule has 120 valence electrons. The Morgan fingerprint density at radius 1 is 1.05 bits per heavy atom. The van der Waals surface area contributed by atoms with Crippen molar-refractivity contribution >= 4 is 12.4 Å². The molecule has 0 aliphatic rings. The van der Waals surface area contributed by atoms with Crippen LogP contribution in [0.4, 0.5) is 0 Å². The molecular formula is C19H26ClNO. The predicted octanol–water partition coefficient (Wildman–Crippen LogP) is 4.83. The summed E-state index contributed by atoms with van der Waals surface area (Å²) in [5.41, 5.74) is 10.8. The standard InChI is InChI=1S/C19H25NO.ClH/c1-4-21-18-10-9-17(13-20)19(12-18)16-7-5-15(6-8-16)11-14(2)3;/h5-10,12,14H,4,11,13,20H2,1-3H3;1H. The number of benzene rings is 2. The van der Waals surface area contributed by atoms with Gasteiger partial charge in [-0.25, -0.2) is 0 Å². The third-order valence-corrected chi connectivity index (χ3v) is 3.52. The maximum absolute atomic E-state index is 5.87. The summed E-state index contributed by atoms with van der Waals surface area (Å²) in [6, 6.07) is 14.9. The van der Waals surface area contributed by atoms with Gasteiger partial charge in [-0.2, -0.15) is 0 Å². The molecule has 0 unspecified atom stereocenters. The van der Waals surface area contributed by atoms with Gasteiger partial charge in [0.1, 0.15) is 5.75 Å². The molecule has 0 amide bonds. The quantitative estimate of drug-likeness (QED) is 0.827. The lowest BCUT2D eigenvalue weighted by Crippen LogP contribution is -2.00. The molecule has 2 aromatic rings. The zero-order valence-electron chi connectivity index (χ0n) is 13.6. The number of ether oxygens (including phenoxy) is 1. The molecular weight excluding hydrogens is 294 g/mol. The van der Waals surface area contributed by atoms with Crippen molar-refractivity contribution in [2.45, 2.75) is 33.7 Å². The molecule has 0 radical (unpaired) electrons. The molecule has 2 nitrogen and oxygen atoms in total. The lowest BCUT2D eigenvalue weighted by atomic mass is 9.96. The smallest absolute Gasteiger partial charge is 0.119 e. The van der Waals surface area contributed by atoms with Crippen LogP contribution in [-0.2, 0) is 13.0 Å². The highest BCUT2D eigenvalue weighted by Crippen LogP contribution is 2.28. The van der Waals surface area contributed by atoms with E-state index < -0.39 is 0 Å². The van der Waals surface area contributed by atoms with Gasteiger partial charge in [0, 0.05) is 6.54 Å². The maximum atomic E-state index is 5.87. The second-order valence-corrected chi connectivity index (χ2v) is 5.75. The van der Waals surface area contributed by atoms with Crippen LogP contribution in [0.3, 0.4) is 0 Å². The third-order valence-electron chi connectivity index (χ3n) is 3.52. The second kappa shape index (κ2) is 8.82. The fourth-order valence-electron chi connectivity index (χ4n) is 2.55. The van der Waals surface area contributed by atoms with E-state index in [1.807, 2.05) is 13.0 Å². The van der Waals surface area contributed by atoms with Gasteiger partial charge in [-0.05, 0) is 53.6 Å². The molecule has 0 saturated carbocycles. The van der Waals surface area contributed by atoms with Crippen molar-refractivity contribution in [2.24, 2.45) is 11.7 Å². The highest BCUT2D eigenvalue weighted by Gasteiger charge is 2.07. The number of nitrogens with two attached hydrogens (primary N) is 1. The molecule has 2 aromatic carbocycles. The van der Waals surface area contributed by atoms with Crippen LogP contribution in [0.15, 0.2) is 42.5 Å². The van der Waals surface area contributed by atoms with Crippen molar-refractivity contribution in [3.05, 3.63) is 53.6 Å². The minimum atomic E-state index is 0. The summed E-state index contributed by atoms with van der Waals surface area (Å²) in [4.78, 5) is 0. The van der Waals surface area contributed by atoms with Crippen molar-refractivity contribution in [3.8, 4) is 16.9 Å². The van der Waals surface area contributed by atoms with E-state index in [0.29, 0.717) is 19.1 Å². The number of halogens is 1. The summed E-state index contributed by atoms with van der Waals surface area (Å²) in [7, 11) is 0. The average molecular weight is 320 g/mol. The van der Waals surface area contributed by atoms with Crippen molar-refractivity contribution in [1.29, 1.82) is 0 Å². The Kier molecular flexibility index (Phi) is 7.43. The largest absolute Gasteiger partial charge is 0.494 e. The van der Waals surface area contributed by atoms with Gasteiger partial charge in [-0.15, -0.1) is 12.4 Å². The summed E-state index contributed by atoms with van der Waals surface area (Å²) < 4.78 is 5.60. The Hall–Kier alpha value is -1.51. The van der Waals surface area contributed by atoms with Crippen molar-refractivity contribution < 1.29 is 4.74 Å². The molecule has 2 N–H and O–H groups in total. The highest BCUT2D eigenvalue weighted by molar-refractivity contribution is 5.85. The first-order chi connectivity index (χ1) is 10.1. The van der Waals surface area contributed by atoms with E-state index in [9.17, 15) is 0 Å². The van der Waals surface area contributed by atoms with Crippen LogP contribution in [-0.4, -0.2) is 6.61 Å². The molecule has 22 heavy (non-hydrogen) atoms. The zero-order valence-corrected chi connectivity index (χ0v) is 14.5. The zero-order chi connectivity index (χ0) is 15.2. The summed E-state index contributed by atoms with van der Waals surface area (Å²) in [6.45, 7) is 7.69. The maximum Gasteiger partial charge on any atom is 0.119 e. The molecule has 0 aliphatic heterocycles. The minimum absolute atomic E-state index is 0. The fraction of sp³-hybridized carbons (Fsp3) is 0.368. The highest BCUT2D eigenvalue weighted by atomic mass is 35.5. The average Bonchev–Trinajstić information content (AvgIpc) is 2.48. The fourth-order valence-corrected chi connectivity index (χ4v) is 2.55. The lowest BCUT2D eigenvalue weighted by molar-refractivity contribution is 0.340. The second-order valence-electron chi connectivity index (χ2n) is 5.75. The van der Waals surface area contributed by atoms with E-state index in [4.69, 9.17) is 10.5 Å². The first-order valence-electron chi connectivity index (χ1n) is 7.69. The van der Waals surface area contributed by atoms with Gasteiger partial charge in [0.2, 0.25) is 0 Å². The van der Waals surface area contributed by atoms with Gasteiger partial charge in [0.15, 0.2) is 0 Å². The first-order valence-corrected chi connectivity index (χ1v) is 7.69. The Balaban J connectivity index is 0.00000242. The van der Waals surface area contributed by atoms with Gasteiger partial charge >= 0.3 is 0 Å². The van der Waals surface area contributed by atoms with Crippen LogP contribution in [0.5, 0.6) is 5.75 Å². The van der Waals surface area contributed by atoms with Crippen molar-refractivity contribution in [3.63, 3.8) is 0 Å². The molecule has 0 atom stereocenters. The van der Waals surface area contributed by atoms with Crippen LogP contribution >= 0.6 is 12.4 Å². The Morgan fingerprint density at radius 2 is 1.73 bits per heavy atom. The molecule has 3 heteroatoms. The van der Waals surface area contributed by atoms with Crippen molar-refractivity contribution in [2.75, 3.05) is 6.61 Å². The summed E-state index contributed by atoms with van der Waals surface area (Å²) in [5.74, 6) is 1.58. The topological polar surface area (TPSA) is 35.2 Å². The van der Waals surface area contributed by atoms with Gasteiger partial charge in [-0.1, -0.05) is 44.2 Å². The lowest BCUT2D eigenvalue weighted by Gasteiger charge is -2.12. The van der Waals surface area contributed by atoms with E-state index in [2.05, 4.69) is 50.2 Å². The number of hydrogen-bond donors (Lipinski definition) is 1. The van der Waals surface area contributed by atoms with Crippen LogP contribution in [0.25, 0.3) is 11.1 Å². The molecule has 0 spiro atoms. The molecule has 0 fully saturated rings. The normalized spacial score (nSPS) is 10.4. The first kappa shape index (κ1) is 18.5. The van der Waals surface area contributed by atoms with Gasteiger partial charge in [0.05, 0.1) is 6.61 Å². The molecule has 0 bridgehead atoms. The number of rotatable bonds is 6. The van der Waals surface area contributed by atoms with Crippen molar-refractivity contribution in [1.82, 2.24) is 0 Å². The molecule has 0 heterocycles. The van der Waals surface area contributed by atoms with E-state index in [-0.39, 0.29) is 12.4 Å². The SMILES string of the molecule is CCOc1ccc(CN)c(-c2ccc(CC(C)C)cc2)c1.Cl. The van der Waals surface area contributed by atoms with E-state index in [1.165, 1.54) is 16.7 Å². The van der Waals surface area contributed by atoms with Crippen LogP contribution in [0.1, 0.15) is 31.9 Å². The minimum Gasteiger partial charge on any atom is -0.494 e. The van der Waals surface area contributed by atoms with E-state index >= 15 is 0 Å². The third kappa shape index (κ3) is 4.75. The van der Waals surface area contributed by atoms with Crippen LogP contribution in [0, 0.1) is 5.92 Å². The summed E-state index contributed by atoms with van der Waals surface area (Å²) >= 11 is 0. The predicted molar refractivity (Wildman–Crippen MR) is 96.7 cm³/mol. The van der Waals surface area contributed by atoms with E-state index in [1.54, 1.807) is 0 Å². The monoisotopic (exact) mass is 319 g/mol. The molecule has 2 rings (SSSR count). The Bertz CT molecular complexity index is 578. The molecule has 0 aliphatic carbocycles. The summed E-state index contributed by atoms with van der Waals surface area (Å²) in [6.07, 6.45) is 1.11. The Morgan fingerprint density at radius 3 is 2.27 bits per heavy atom. The van der Waals surface area contributed by atoms with Crippen LogP contribution < -0.4 is 10.5 Å².